The molecular formula is C18H19BrN2O4S2. The van der Waals surface area contributed by atoms with Gasteiger partial charge in [-0.25, -0.2) is 16.8 Å². The van der Waals surface area contributed by atoms with Gasteiger partial charge < -0.3 is 0 Å². The van der Waals surface area contributed by atoms with Crippen molar-refractivity contribution < 1.29 is 16.8 Å². The molecule has 1 aliphatic heterocycles. The van der Waals surface area contributed by atoms with Crippen LogP contribution in [0.25, 0.3) is 6.08 Å². The molecule has 1 fully saturated rings. The SMILES string of the molecule is O=S(=O)(/C=C/c1ccccc1)N1CCN(S(=O)(=O)c2ccccc2Br)CC1. The third-order valence-corrected chi connectivity index (χ3v) is 8.72. The summed E-state index contributed by atoms with van der Waals surface area (Å²) < 4.78 is 53.7. The molecule has 2 aromatic carbocycles. The first kappa shape index (κ1) is 20.2. The smallest absolute Gasteiger partial charge is 0.208 e. The summed E-state index contributed by atoms with van der Waals surface area (Å²) in [6.45, 7) is 0.459. The van der Waals surface area contributed by atoms with Crippen molar-refractivity contribution in [3.63, 3.8) is 0 Å². The van der Waals surface area contributed by atoms with Crippen LogP contribution >= 0.6 is 15.9 Å². The Morgan fingerprint density at radius 2 is 1.33 bits per heavy atom. The number of rotatable bonds is 5. The fraction of sp³-hybridized carbons (Fsp3) is 0.222. The van der Waals surface area contributed by atoms with Crippen molar-refractivity contribution in [2.24, 2.45) is 0 Å². The van der Waals surface area contributed by atoms with E-state index in [1.54, 1.807) is 24.3 Å². The monoisotopic (exact) mass is 470 g/mol. The second kappa shape index (κ2) is 8.24. The van der Waals surface area contributed by atoms with Crippen LogP contribution < -0.4 is 0 Å². The molecule has 0 atom stereocenters. The highest BCUT2D eigenvalue weighted by Gasteiger charge is 2.32. The van der Waals surface area contributed by atoms with Crippen LogP contribution in [-0.4, -0.2) is 51.6 Å². The summed E-state index contributed by atoms with van der Waals surface area (Å²) in [5.74, 6) is 0. The van der Waals surface area contributed by atoms with Crippen molar-refractivity contribution in [3.8, 4) is 0 Å². The Bertz CT molecular complexity index is 1030. The lowest BCUT2D eigenvalue weighted by Gasteiger charge is -2.32. The maximum absolute atomic E-state index is 12.8. The lowest BCUT2D eigenvalue weighted by Crippen LogP contribution is -2.50. The van der Waals surface area contributed by atoms with Gasteiger partial charge in [0.15, 0.2) is 0 Å². The molecule has 2 aromatic rings. The lowest BCUT2D eigenvalue weighted by atomic mass is 10.2. The summed E-state index contributed by atoms with van der Waals surface area (Å²) in [6, 6.07) is 15.8. The normalized spacial score (nSPS) is 17.4. The second-order valence-corrected chi connectivity index (χ2v) is 10.6. The van der Waals surface area contributed by atoms with Crippen LogP contribution in [0.4, 0.5) is 0 Å². The molecule has 27 heavy (non-hydrogen) atoms. The van der Waals surface area contributed by atoms with Gasteiger partial charge in [0.1, 0.15) is 0 Å². The van der Waals surface area contributed by atoms with Gasteiger partial charge in [0.2, 0.25) is 20.0 Å². The Morgan fingerprint density at radius 3 is 1.96 bits per heavy atom. The van der Waals surface area contributed by atoms with Crippen molar-refractivity contribution in [1.29, 1.82) is 0 Å². The van der Waals surface area contributed by atoms with Crippen LogP contribution in [0.5, 0.6) is 0 Å². The number of sulfonamides is 2. The molecule has 0 saturated carbocycles. The number of piperazine rings is 1. The number of hydrogen-bond donors (Lipinski definition) is 0. The summed E-state index contributed by atoms with van der Waals surface area (Å²) in [6.07, 6.45) is 1.54. The van der Waals surface area contributed by atoms with Crippen LogP contribution in [0.1, 0.15) is 5.56 Å². The van der Waals surface area contributed by atoms with Crippen LogP contribution in [0.2, 0.25) is 0 Å². The summed E-state index contributed by atoms with van der Waals surface area (Å²) in [5.41, 5.74) is 0.788. The zero-order valence-electron chi connectivity index (χ0n) is 14.4. The molecule has 144 valence electrons. The summed E-state index contributed by atoms with van der Waals surface area (Å²) >= 11 is 3.26. The van der Waals surface area contributed by atoms with Gasteiger partial charge in [0.25, 0.3) is 0 Å². The Balaban J connectivity index is 1.70. The molecule has 0 aliphatic carbocycles. The van der Waals surface area contributed by atoms with Crippen LogP contribution in [-0.2, 0) is 20.0 Å². The van der Waals surface area contributed by atoms with Gasteiger partial charge in [-0.05, 0) is 39.7 Å². The Hall–Kier alpha value is -1.52. The van der Waals surface area contributed by atoms with Gasteiger partial charge in [-0.15, -0.1) is 0 Å². The first-order valence-corrected chi connectivity index (χ1v) is 12.0. The van der Waals surface area contributed by atoms with Gasteiger partial charge in [-0.3, -0.25) is 0 Å². The molecular weight excluding hydrogens is 452 g/mol. The van der Waals surface area contributed by atoms with Crippen LogP contribution in [0, 0.1) is 0 Å². The molecule has 0 unspecified atom stereocenters. The van der Waals surface area contributed by atoms with E-state index in [4.69, 9.17) is 0 Å². The standard InChI is InChI=1S/C18H19BrN2O4S2/c19-17-8-4-5-9-18(17)27(24,25)21-13-11-20(12-14-21)26(22,23)15-10-16-6-2-1-3-7-16/h1-10,15H,11-14H2/b15-10+. The lowest BCUT2D eigenvalue weighted by molar-refractivity contribution is 0.275. The molecule has 1 heterocycles. The molecule has 3 rings (SSSR count). The molecule has 1 saturated heterocycles. The minimum absolute atomic E-state index is 0.113. The third kappa shape index (κ3) is 4.67. The first-order valence-electron chi connectivity index (χ1n) is 8.29. The predicted molar refractivity (Wildman–Crippen MR) is 109 cm³/mol. The van der Waals surface area contributed by atoms with E-state index in [0.717, 1.165) is 5.56 Å². The minimum Gasteiger partial charge on any atom is -0.208 e. The first-order chi connectivity index (χ1) is 12.8. The van der Waals surface area contributed by atoms with Crippen molar-refractivity contribution in [1.82, 2.24) is 8.61 Å². The van der Waals surface area contributed by atoms with E-state index in [0.29, 0.717) is 4.47 Å². The van der Waals surface area contributed by atoms with Gasteiger partial charge in [0, 0.05) is 36.1 Å². The zero-order valence-corrected chi connectivity index (χ0v) is 17.6. The number of halogens is 1. The highest BCUT2D eigenvalue weighted by molar-refractivity contribution is 9.10. The van der Waals surface area contributed by atoms with E-state index >= 15 is 0 Å². The summed E-state index contributed by atoms with van der Waals surface area (Å²) in [7, 11) is -7.27. The average Bonchev–Trinajstić information content (AvgIpc) is 2.67. The number of hydrogen-bond acceptors (Lipinski definition) is 4. The molecule has 0 aromatic heterocycles. The van der Waals surface area contributed by atoms with E-state index in [-0.39, 0.29) is 31.1 Å². The van der Waals surface area contributed by atoms with Crippen LogP contribution in [0.15, 0.2) is 69.4 Å². The fourth-order valence-corrected chi connectivity index (χ4v) is 6.33. The van der Waals surface area contributed by atoms with Crippen LogP contribution in [0.3, 0.4) is 0 Å². The van der Waals surface area contributed by atoms with E-state index in [2.05, 4.69) is 15.9 Å². The zero-order chi connectivity index (χ0) is 19.5. The summed E-state index contributed by atoms with van der Waals surface area (Å²) in [5, 5.41) is 1.17. The average molecular weight is 471 g/mol. The van der Waals surface area contributed by atoms with Gasteiger partial charge in [-0.1, -0.05) is 42.5 Å². The van der Waals surface area contributed by atoms with Gasteiger partial charge >= 0.3 is 0 Å². The second-order valence-electron chi connectivity index (χ2n) is 5.99. The van der Waals surface area contributed by atoms with E-state index in [1.807, 2.05) is 30.3 Å². The van der Waals surface area contributed by atoms with Gasteiger partial charge in [-0.2, -0.15) is 8.61 Å². The van der Waals surface area contributed by atoms with Crippen molar-refractivity contribution in [2.45, 2.75) is 4.90 Å². The van der Waals surface area contributed by atoms with Gasteiger partial charge in [0.05, 0.1) is 4.90 Å². The van der Waals surface area contributed by atoms with E-state index in [1.165, 1.54) is 20.1 Å². The maximum Gasteiger partial charge on any atom is 0.244 e. The van der Waals surface area contributed by atoms with E-state index in [9.17, 15) is 16.8 Å². The van der Waals surface area contributed by atoms with Crippen molar-refractivity contribution in [3.05, 3.63) is 70.0 Å². The summed E-state index contributed by atoms with van der Waals surface area (Å²) in [4.78, 5) is 0.185. The molecule has 0 spiro atoms. The van der Waals surface area contributed by atoms with E-state index < -0.39 is 20.0 Å². The Labute approximate surface area is 168 Å². The molecule has 0 radical (unpaired) electrons. The highest BCUT2D eigenvalue weighted by atomic mass is 79.9. The Morgan fingerprint density at radius 1 is 0.778 bits per heavy atom. The molecule has 0 N–H and O–H groups in total. The molecule has 0 amide bonds. The topological polar surface area (TPSA) is 74.8 Å². The quantitative estimate of drug-likeness (QED) is 0.672. The minimum atomic E-state index is -3.67. The molecule has 0 bridgehead atoms. The largest absolute Gasteiger partial charge is 0.244 e. The predicted octanol–water partition coefficient (Wildman–Crippen LogP) is 2.76. The number of nitrogens with zero attached hydrogens (tertiary/aromatic N) is 2. The number of benzene rings is 2. The molecule has 6 nitrogen and oxygen atoms in total. The van der Waals surface area contributed by atoms with Crippen molar-refractivity contribution >= 4 is 42.1 Å². The fourth-order valence-electron chi connectivity index (χ4n) is 2.77. The molecule has 9 heteroatoms. The maximum atomic E-state index is 12.8. The van der Waals surface area contributed by atoms with Crippen molar-refractivity contribution in [2.75, 3.05) is 26.2 Å². The highest BCUT2D eigenvalue weighted by Crippen LogP contribution is 2.26. The third-order valence-electron chi connectivity index (χ3n) is 4.24. The Kier molecular flexibility index (Phi) is 6.17. The molecule has 1 aliphatic rings.